The largest absolute Gasteiger partial charge is 0.483 e. The molecule has 2 aromatic rings. The first kappa shape index (κ1) is 18.0. The summed E-state index contributed by atoms with van der Waals surface area (Å²) in [5, 5.41) is 2.84. The summed E-state index contributed by atoms with van der Waals surface area (Å²) in [7, 11) is 0. The third-order valence-corrected chi connectivity index (χ3v) is 4.45. The van der Waals surface area contributed by atoms with Crippen LogP contribution in [0.1, 0.15) is 30.4 Å². The van der Waals surface area contributed by atoms with Crippen molar-refractivity contribution in [2.24, 2.45) is 0 Å². The van der Waals surface area contributed by atoms with Gasteiger partial charge in [-0.2, -0.15) is 0 Å². The summed E-state index contributed by atoms with van der Waals surface area (Å²) in [4.78, 5) is 26.0. The van der Waals surface area contributed by atoms with Crippen LogP contribution in [0.15, 0.2) is 42.5 Å². The Bertz CT molecular complexity index is 817. The highest BCUT2D eigenvalue weighted by atomic mass is 16.5. The number of carbonyl (C=O) groups is 2. The highest BCUT2D eigenvalue weighted by molar-refractivity contribution is 5.96. The molecule has 1 heterocycles. The molecule has 1 fully saturated rings. The third-order valence-electron chi connectivity index (χ3n) is 4.45. The van der Waals surface area contributed by atoms with E-state index >= 15 is 0 Å². The number of piperidine rings is 1. The molecule has 0 bridgehead atoms. The van der Waals surface area contributed by atoms with Gasteiger partial charge in [0.1, 0.15) is 5.75 Å². The van der Waals surface area contributed by atoms with E-state index in [1.165, 1.54) is 0 Å². The maximum absolute atomic E-state index is 12.2. The van der Waals surface area contributed by atoms with Crippen molar-refractivity contribution in [1.29, 1.82) is 0 Å². The minimum atomic E-state index is -0.230. The number of rotatable bonds is 5. The molecule has 3 rings (SSSR count). The lowest BCUT2D eigenvalue weighted by atomic mass is 10.1. The van der Waals surface area contributed by atoms with E-state index in [0.717, 1.165) is 36.2 Å². The van der Waals surface area contributed by atoms with Gasteiger partial charge in [0, 0.05) is 24.3 Å². The molecule has 0 spiro atoms. The van der Waals surface area contributed by atoms with Crippen molar-refractivity contribution in [1.82, 2.24) is 0 Å². The van der Waals surface area contributed by atoms with Crippen LogP contribution >= 0.6 is 0 Å². The molecule has 136 valence electrons. The predicted octanol–water partition coefficient (Wildman–Crippen LogP) is 3.84. The topological polar surface area (TPSA) is 58.6 Å². The summed E-state index contributed by atoms with van der Waals surface area (Å²) in [5.41, 5.74) is 3.64. The molecule has 0 aliphatic carbocycles. The number of benzene rings is 2. The van der Waals surface area contributed by atoms with Crippen LogP contribution in [-0.4, -0.2) is 25.0 Å². The lowest BCUT2D eigenvalue weighted by molar-refractivity contribution is -0.119. The van der Waals surface area contributed by atoms with Crippen LogP contribution < -0.4 is 15.0 Å². The quantitative estimate of drug-likeness (QED) is 0.889. The van der Waals surface area contributed by atoms with Gasteiger partial charge in [-0.15, -0.1) is 0 Å². The minimum absolute atomic E-state index is 0.0588. The van der Waals surface area contributed by atoms with E-state index in [2.05, 4.69) is 5.32 Å². The molecule has 1 aliphatic rings. The van der Waals surface area contributed by atoms with Crippen molar-refractivity contribution in [3.05, 3.63) is 53.6 Å². The van der Waals surface area contributed by atoms with Gasteiger partial charge in [0.15, 0.2) is 6.61 Å². The number of hydrogen-bond donors (Lipinski definition) is 1. The second kappa shape index (κ2) is 8.04. The Balaban J connectivity index is 1.60. The molecule has 0 radical (unpaired) electrons. The second-order valence-electron chi connectivity index (χ2n) is 6.66. The fraction of sp³-hybridized carbons (Fsp3) is 0.333. The molecule has 0 unspecified atom stereocenters. The number of nitrogens with one attached hydrogen (secondary N) is 1. The van der Waals surface area contributed by atoms with E-state index in [1.54, 1.807) is 4.90 Å². The highest BCUT2D eigenvalue weighted by Gasteiger charge is 2.19. The van der Waals surface area contributed by atoms with Crippen molar-refractivity contribution in [2.75, 3.05) is 23.4 Å². The Labute approximate surface area is 154 Å². The minimum Gasteiger partial charge on any atom is -0.483 e. The second-order valence-corrected chi connectivity index (χ2v) is 6.66. The first-order valence-corrected chi connectivity index (χ1v) is 8.93. The van der Waals surface area contributed by atoms with Crippen LogP contribution in [0.25, 0.3) is 0 Å². The molecule has 0 saturated carbocycles. The van der Waals surface area contributed by atoms with Gasteiger partial charge in [-0.1, -0.05) is 23.8 Å². The molecule has 0 aromatic heterocycles. The van der Waals surface area contributed by atoms with Gasteiger partial charge in [0.05, 0.1) is 0 Å². The van der Waals surface area contributed by atoms with Gasteiger partial charge in [0.25, 0.3) is 5.91 Å². The predicted molar refractivity (Wildman–Crippen MR) is 103 cm³/mol. The van der Waals surface area contributed by atoms with Crippen LogP contribution in [0.3, 0.4) is 0 Å². The van der Waals surface area contributed by atoms with Crippen molar-refractivity contribution < 1.29 is 14.3 Å². The zero-order valence-corrected chi connectivity index (χ0v) is 15.2. The van der Waals surface area contributed by atoms with Crippen LogP contribution in [0, 0.1) is 13.8 Å². The average molecular weight is 352 g/mol. The monoisotopic (exact) mass is 352 g/mol. The molecular weight excluding hydrogens is 328 g/mol. The van der Waals surface area contributed by atoms with E-state index in [-0.39, 0.29) is 18.4 Å². The van der Waals surface area contributed by atoms with E-state index in [1.807, 2.05) is 56.3 Å². The Morgan fingerprint density at radius 2 is 2.00 bits per heavy atom. The Morgan fingerprint density at radius 1 is 1.15 bits per heavy atom. The molecule has 1 N–H and O–H groups in total. The molecule has 26 heavy (non-hydrogen) atoms. The van der Waals surface area contributed by atoms with E-state index < -0.39 is 0 Å². The fourth-order valence-corrected chi connectivity index (χ4v) is 3.13. The first-order valence-electron chi connectivity index (χ1n) is 8.93. The number of nitrogens with zero attached hydrogens (tertiary/aromatic N) is 1. The van der Waals surface area contributed by atoms with Crippen LogP contribution in [0.4, 0.5) is 11.4 Å². The molecule has 2 aromatic carbocycles. The molecule has 5 heteroatoms. The number of hydrogen-bond acceptors (Lipinski definition) is 3. The van der Waals surface area contributed by atoms with Crippen LogP contribution in [0.5, 0.6) is 5.75 Å². The van der Waals surface area contributed by atoms with Gasteiger partial charge < -0.3 is 15.0 Å². The number of amides is 2. The van der Waals surface area contributed by atoms with Gasteiger partial charge in [-0.05, 0) is 56.5 Å². The van der Waals surface area contributed by atoms with Gasteiger partial charge >= 0.3 is 0 Å². The first-order chi connectivity index (χ1) is 12.5. The zero-order chi connectivity index (χ0) is 18.5. The number of ether oxygens (including phenoxy) is 1. The lowest BCUT2D eigenvalue weighted by Crippen LogP contribution is -2.35. The zero-order valence-electron chi connectivity index (χ0n) is 15.2. The average Bonchev–Trinajstić information content (AvgIpc) is 2.61. The van der Waals surface area contributed by atoms with Crippen LogP contribution in [0.2, 0.25) is 0 Å². The van der Waals surface area contributed by atoms with Crippen LogP contribution in [-0.2, 0) is 9.59 Å². The van der Waals surface area contributed by atoms with E-state index in [4.69, 9.17) is 4.74 Å². The highest BCUT2D eigenvalue weighted by Crippen LogP contribution is 2.24. The lowest BCUT2D eigenvalue weighted by Gasteiger charge is -2.27. The molecule has 1 aliphatic heterocycles. The molecular formula is C21H24N2O3. The summed E-state index contributed by atoms with van der Waals surface area (Å²) >= 11 is 0. The number of aryl methyl sites for hydroxylation is 2. The maximum atomic E-state index is 12.2. The fourth-order valence-electron chi connectivity index (χ4n) is 3.13. The SMILES string of the molecule is Cc1ccc(OCC(=O)Nc2cccc(N3CCCCC3=O)c2)c(C)c1. The van der Waals surface area contributed by atoms with Crippen molar-refractivity contribution in [3.8, 4) is 5.75 Å². The standard InChI is InChI=1S/C21H24N2O3/c1-15-9-10-19(16(2)12-15)26-14-20(24)22-17-6-5-7-18(13-17)23-11-4-3-8-21(23)25/h5-7,9-10,12-13H,3-4,8,11,14H2,1-2H3,(H,22,24). The summed E-state index contributed by atoms with van der Waals surface area (Å²) in [6.07, 6.45) is 2.54. The summed E-state index contributed by atoms with van der Waals surface area (Å²) in [6.45, 7) is 4.64. The Hall–Kier alpha value is -2.82. The molecule has 5 nitrogen and oxygen atoms in total. The summed E-state index contributed by atoms with van der Waals surface area (Å²) in [5.74, 6) is 0.614. The third kappa shape index (κ3) is 4.42. The van der Waals surface area contributed by atoms with Crippen molar-refractivity contribution in [2.45, 2.75) is 33.1 Å². The number of anilines is 2. The van der Waals surface area contributed by atoms with Crippen molar-refractivity contribution in [3.63, 3.8) is 0 Å². The van der Waals surface area contributed by atoms with E-state index in [9.17, 15) is 9.59 Å². The molecule has 1 saturated heterocycles. The van der Waals surface area contributed by atoms with Crippen molar-refractivity contribution >= 4 is 23.2 Å². The Morgan fingerprint density at radius 3 is 2.77 bits per heavy atom. The molecule has 2 amide bonds. The Kier molecular flexibility index (Phi) is 5.56. The van der Waals surface area contributed by atoms with E-state index in [0.29, 0.717) is 17.9 Å². The van der Waals surface area contributed by atoms with Gasteiger partial charge in [0.2, 0.25) is 5.91 Å². The summed E-state index contributed by atoms with van der Waals surface area (Å²) < 4.78 is 5.61. The van der Waals surface area contributed by atoms with Gasteiger partial charge in [-0.25, -0.2) is 0 Å². The number of carbonyl (C=O) groups excluding carboxylic acids is 2. The normalized spacial score (nSPS) is 14.2. The smallest absolute Gasteiger partial charge is 0.262 e. The molecule has 0 atom stereocenters. The van der Waals surface area contributed by atoms with Gasteiger partial charge in [-0.3, -0.25) is 9.59 Å². The summed E-state index contributed by atoms with van der Waals surface area (Å²) in [6, 6.07) is 13.2. The maximum Gasteiger partial charge on any atom is 0.262 e.